The first-order valence-electron chi connectivity index (χ1n) is 6.96. The van der Waals surface area contributed by atoms with Gasteiger partial charge < -0.3 is 5.32 Å². The molecule has 0 saturated carbocycles. The molecule has 1 aromatic heterocycles. The van der Waals surface area contributed by atoms with E-state index in [1.54, 1.807) is 29.7 Å². The number of halogens is 1. The molecule has 0 spiro atoms. The van der Waals surface area contributed by atoms with E-state index in [0.717, 1.165) is 30.3 Å². The number of aromatic nitrogens is 1. The number of benzene rings is 1. The van der Waals surface area contributed by atoms with Gasteiger partial charge in [-0.25, -0.2) is 9.37 Å². The van der Waals surface area contributed by atoms with Crippen molar-refractivity contribution in [3.63, 3.8) is 0 Å². The van der Waals surface area contributed by atoms with Crippen LogP contribution in [0.4, 0.5) is 9.52 Å². The largest absolute Gasteiger partial charge is 0.360 e. The Kier molecular flexibility index (Phi) is 4.28. The van der Waals surface area contributed by atoms with Crippen molar-refractivity contribution in [3.05, 3.63) is 47.2 Å². The van der Waals surface area contributed by atoms with Crippen LogP contribution in [-0.2, 0) is 0 Å². The normalized spacial score (nSPS) is 17.2. The van der Waals surface area contributed by atoms with E-state index in [1.807, 2.05) is 17.5 Å². The molecule has 20 heavy (non-hydrogen) atoms. The monoisotopic (exact) mass is 291 g/mol. The van der Waals surface area contributed by atoms with Crippen molar-refractivity contribution in [1.82, 2.24) is 9.88 Å². The molecular weight excluding hydrogens is 273 g/mol. The van der Waals surface area contributed by atoms with E-state index in [1.165, 1.54) is 12.8 Å². The van der Waals surface area contributed by atoms with Gasteiger partial charge in [0.15, 0.2) is 5.13 Å². The molecule has 0 amide bonds. The number of hydrogen-bond donors (Lipinski definition) is 1. The lowest BCUT2D eigenvalue weighted by Crippen LogP contribution is -2.31. The van der Waals surface area contributed by atoms with E-state index in [-0.39, 0.29) is 11.9 Å². The minimum atomic E-state index is -0.179. The molecule has 0 bridgehead atoms. The van der Waals surface area contributed by atoms with Crippen molar-refractivity contribution < 1.29 is 4.39 Å². The van der Waals surface area contributed by atoms with Crippen LogP contribution in [0.5, 0.6) is 0 Å². The second-order valence-corrected chi connectivity index (χ2v) is 5.92. The average Bonchev–Trinajstić information content (AvgIpc) is 3.14. The minimum absolute atomic E-state index is 0.179. The lowest BCUT2D eigenvalue weighted by atomic mass is 10.1. The fourth-order valence-corrected chi connectivity index (χ4v) is 3.23. The number of rotatable bonds is 5. The average molecular weight is 291 g/mol. The molecule has 106 valence electrons. The summed E-state index contributed by atoms with van der Waals surface area (Å²) in [5, 5.41) is 6.29. The predicted octanol–water partition coefficient (Wildman–Crippen LogP) is 3.53. The summed E-state index contributed by atoms with van der Waals surface area (Å²) in [5.74, 6) is -0.179. The van der Waals surface area contributed by atoms with Gasteiger partial charge in [-0.3, -0.25) is 4.90 Å². The first-order chi connectivity index (χ1) is 9.83. The smallest absolute Gasteiger partial charge is 0.182 e. The van der Waals surface area contributed by atoms with Crippen LogP contribution in [0.1, 0.15) is 24.4 Å². The molecule has 1 saturated heterocycles. The summed E-state index contributed by atoms with van der Waals surface area (Å²) in [7, 11) is 0. The van der Waals surface area contributed by atoms with Gasteiger partial charge in [0.1, 0.15) is 5.82 Å². The Morgan fingerprint density at radius 3 is 2.65 bits per heavy atom. The molecule has 3 nitrogen and oxygen atoms in total. The second kappa shape index (κ2) is 6.33. The zero-order valence-corrected chi connectivity index (χ0v) is 12.1. The van der Waals surface area contributed by atoms with E-state index in [9.17, 15) is 4.39 Å². The third kappa shape index (κ3) is 3.16. The lowest BCUT2D eigenvalue weighted by molar-refractivity contribution is 0.256. The molecule has 5 heteroatoms. The highest BCUT2D eigenvalue weighted by Gasteiger charge is 2.23. The number of thiazole rings is 1. The van der Waals surface area contributed by atoms with Gasteiger partial charge in [-0.15, -0.1) is 11.3 Å². The van der Waals surface area contributed by atoms with Crippen LogP contribution in [0.2, 0.25) is 0 Å². The van der Waals surface area contributed by atoms with Crippen LogP contribution >= 0.6 is 11.3 Å². The van der Waals surface area contributed by atoms with Crippen molar-refractivity contribution in [2.45, 2.75) is 18.9 Å². The Labute approximate surface area is 122 Å². The summed E-state index contributed by atoms with van der Waals surface area (Å²) >= 11 is 1.60. The Hall–Kier alpha value is -1.46. The highest BCUT2D eigenvalue weighted by molar-refractivity contribution is 7.13. The standard InChI is InChI=1S/C15H18FN3S/c16-13-5-3-12(4-6-13)14(19-8-1-2-9-19)11-18-15-17-7-10-20-15/h3-7,10,14H,1-2,8-9,11H2,(H,17,18). The fraction of sp³-hybridized carbons (Fsp3) is 0.400. The summed E-state index contributed by atoms with van der Waals surface area (Å²) < 4.78 is 13.1. The van der Waals surface area contributed by atoms with Crippen LogP contribution in [0, 0.1) is 5.82 Å². The van der Waals surface area contributed by atoms with E-state index >= 15 is 0 Å². The zero-order chi connectivity index (χ0) is 13.8. The van der Waals surface area contributed by atoms with Crippen molar-refractivity contribution in [2.24, 2.45) is 0 Å². The Morgan fingerprint density at radius 2 is 2.00 bits per heavy atom. The summed E-state index contributed by atoms with van der Waals surface area (Å²) in [6.07, 6.45) is 4.29. The van der Waals surface area contributed by atoms with Crippen LogP contribution < -0.4 is 5.32 Å². The predicted molar refractivity (Wildman–Crippen MR) is 80.6 cm³/mol. The summed E-state index contributed by atoms with van der Waals surface area (Å²) in [4.78, 5) is 6.72. The van der Waals surface area contributed by atoms with Crippen LogP contribution in [0.25, 0.3) is 0 Å². The molecule has 3 rings (SSSR count). The van der Waals surface area contributed by atoms with Crippen LogP contribution in [-0.4, -0.2) is 29.5 Å². The zero-order valence-electron chi connectivity index (χ0n) is 11.3. The number of anilines is 1. The molecular formula is C15H18FN3S. The van der Waals surface area contributed by atoms with Gasteiger partial charge in [0.25, 0.3) is 0 Å². The van der Waals surface area contributed by atoms with E-state index in [2.05, 4.69) is 15.2 Å². The van der Waals surface area contributed by atoms with Crippen molar-refractivity contribution in [3.8, 4) is 0 Å². The molecule has 1 aliphatic rings. The molecule has 1 unspecified atom stereocenters. The molecule has 2 aromatic rings. The molecule has 1 N–H and O–H groups in total. The fourth-order valence-electron chi connectivity index (χ4n) is 2.69. The second-order valence-electron chi connectivity index (χ2n) is 5.03. The summed E-state index contributed by atoms with van der Waals surface area (Å²) in [6, 6.07) is 7.15. The quantitative estimate of drug-likeness (QED) is 0.913. The maximum absolute atomic E-state index is 13.1. The Morgan fingerprint density at radius 1 is 1.25 bits per heavy atom. The topological polar surface area (TPSA) is 28.2 Å². The number of hydrogen-bond acceptors (Lipinski definition) is 4. The molecule has 1 fully saturated rings. The third-order valence-electron chi connectivity index (χ3n) is 3.72. The SMILES string of the molecule is Fc1ccc(C(CNc2nccs2)N2CCCC2)cc1. The van der Waals surface area contributed by atoms with Gasteiger partial charge in [0, 0.05) is 18.1 Å². The lowest BCUT2D eigenvalue weighted by Gasteiger charge is -2.28. The van der Waals surface area contributed by atoms with E-state index < -0.39 is 0 Å². The summed E-state index contributed by atoms with van der Waals surface area (Å²) in [5.41, 5.74) is 1.16. The van der Waals surface area contributed by atoms with Gasteiger partial charge >= 0.3 is 0 Å². The number of likely N-dealkylation sites (tertiary alicyclic amines) is 1. The number of nitrogens with one attached hydrogen (secondary N) is 1. The molecule has 1 atom stereocenters. The first-order valence-corrected chi connectivity index (χ1v) is 7.84. The minimum Gasteiger partial charge on any atom is -0.360 e. The van der Waals surface area contributed by atoms with Gasteiger partial charge in [0.2, 0.25) is 0 Å². The van der Waals surface area contributed by atoms with Crippen LogP contribution in [0.3, 0.4) is 0 Å². The molecule has 1 aliphatic heterocycles. The maximum Gasteiger partial charge on any atom is 0.182 e. The number of nitrogens with zero attached hydrogens (tertiary/aromatic N) is 2. The Balaban J connectivity index is 1.74. The molecule has 1 aromatic carbocycles. The summed E-state index contributed by atoms with van der Waals surface area (Å²) in [6.45, 7) is 3.03. The van der Waals surface area contributed by atoms with Crippen molar-refractivity contribution in [2.75, 3.05) is 25.0 Å². The van der Waals surface area contributed by atoms with E-state index in [4.69, 9.17) is 0 Å². The van der Waals surface area contributed by atoms with Crippen molar-refractivity contribution in [1.29, 1.82) is 0 Å². The van der Waals surface area contributed by atoms with Crippen LogP contribution in [0.15, 0.2) is 35.8 Å². The van der Waals surface area contributed by atoms with E-state index in [0.29, 0.717) is 0 Å². The highest BCUT2D eigenvalue weighted by atomic mass is 32.1. The molecule has 0 radical (unpaired) electrons. The van der Waals surface area contributed by atoms with Gasteiger partial charge in [-0.1, -0.05) is 12.1 Å². The first kappa shape index (κ1) is 13.5. The third-order valence-corrected chi connectivity index (χ3v) is 4.45. The Bertz CT molecular complexity index is 521. The van der Waals surface area contributed by atoms with Gasteiger partial charge in [0.05, 0.1) is 6.04 Å². The van der Waals surface area contributed by atoms with Gasteiger partial charge in [-0.2, -0.15) is 0 Å². The molecule has 0 aliphatic carbocycles. The maximum atomic E-state index is 13.1. The van der Waals surface area contributed by atoms with Crippen molar-refractivity contribution >= 4 is 16.5 Å². The van der Waals surface area contributed by atoms with Gasteiger partial charge in [-0.05, 0) is 43.6 Å². The highest BCUT2D eigenvalue weighted by Crippen LogP contribution is 2.26. The molecule has 2 heterocycles.